The van der Waals surface area contributed by atoms with Crippen molar-refractivity contribution in [3.63, 3.8) is 0 Å². The van der Waals surface area contributed by atoms with Crippen LogP contribution in [0.1, 0.15) is 24.2 Å². The van der Waals surface area contributed by atoms with Crippen LogP contribution < -0.4 is 0 Å². The van der Waals surface area contributed by atoms with Gasteiger partial charge in [-0.2, -0.15) is 0 Å². The monoisotopic (exact) mass is 252 g/mol. The Morgan fingerprint density at radius 1 is 1.11 bits per heavy atom. The Labute approximate surface area is 112 Å². The van der Waals surface area contributed by atoms with E-state index in [1.165, 1.54) is 0 Å². The van der Waals surface area contributed by atoms with Gasteiger partial charge in [0.05, 0.1) is 0 Å². The number of aromatic nitrogens is 2. The van der Waals surface area contributed by atoms with Gasteiger partial charge in [-0.25, -0.2) is 4.98 Å². The Hall–Kier alpha value is -2.42. The van der Waals surface area contributed by atoms with Crippen LogP contribution in [0, 0.1) is 0 Å². The molecule has 0 saturated carbocycles. The first-order valence-corrected chi connectivity index (χ1v) is 6.36. The molecule has 1 aromatic carbocycles. The minimum atomic E-state index is 0.687. The van der Waals surface area contributed by atoms with Gasteiger partial charge in [0, 0.05) is 28.9 Å². The summed E-state index contributed by atoms with van der Waals surface area (Å²) in [6.45, 7) is 4.00. The van der Waals surface area contributed by atoms with E-state index < -0.39 is 0 Å². The van der Waals surface area contributed by atoms with Gasteiger partial charge in [-0.15, -0.1) is 0 Å². The minimum Gasteiger partial charge on any atom is -0.346 e. The van der Waals surface area contributed by atoms with Gasteiger partial charge in [-0.05, 0) is 17.7 Å². The van der Waals surface area contributed by atoms with Gasteiger partial charge in [0.15, 0.2) is 0 Å². The predicted octanol–water partition coefficient (Wildman–Crippen LogP) is 4.07. The molecule has 0 spiro atoms. The van der Waals surface area contributed by atoms with Crippen molar-refractivity contribution < 1.29 is 4.79 Å². The highest BCUT2D eigenvalue weighted by atomic mass is 16.1. The molecule has 0 saturated heterocycles. The molecule has 3 heteroatoms. The van der Waals surface area contributed by atoms with E-state index in [1.807, 2.05) is 56.4 Å². The number of benzene rings is 1. The number of carbonyl (C=O) groups excluding carboxylic acids is 1. The summed E-state index contributed by atoms with van der Waals surface area (Å²) in [5.41, 5.74) is 3.74. The Morgan fingerprint density at radius 3 is 2.53 bits per heavy atom. The van der Waals surface area contributed by atoms with Gasteiger partial charge in [0.1, 0.15) is 11.9 Å². The largest absolute Gasteiger partial charge is 0.346 e. The zero-order valence-electron chi connectivity index (χ0n) is 11.1. The summed E-state index contributed by atoms with van der Waals surface area (Å²) in [6, 6.07) is 11.5. The van der Waals surface area contributed by atoms with Crippen molar-refractivity contribution in [3.05, 3.63) is 54.4 Å². The number of hydrogen-bond donors (Lipinski definition) is 1. The third kappa shape index (κ3) is 2.55. The van der Waals surface area contributed by atoms with Crippen molar-refractivity contribution in [1.82, 2.24) is 9.97 Å². The van der Waals surface area contributed by atoms with E-state index in [2.05, 4.69) is 9.97 Å². The zero-order valence-corrected chi connectivity index (χ0v) is 11.1. The lowest BCUT2D eigenvalue weighted by Gasteiger charge is -1.99. The average Bonchev–Trinajstić information content (AvgIpc) is 2.93. The number of nitrogens with one attached hydrogen (secondary N) is 1. The zero-order chi connectivity index (χ0) is 13.7. The van der Waals surface area contributed by atoms with Crippen LogP contribution in [0.25, 0.3) is 22.2 Å². The summed E-state index contributed by atoms with van der Waals surface area (Å²) >= 11 is 0. The Morgan fingerprint density at radius 2 is 1.84 bits per heavy atom. The fourth-order valence-electron chi connectivity index (χ4n) is 1.94. The third-order valence-corrected chi connectivity index (χ3v) is 2.81. The van der Waals surface area contributed by atoms with Crippen molar-refractivity contribution in [2.24, 2.45) is 0 Å². The lowest BCUT2D eigenvalue weighted by atomic mass is 10.0. The summed E-state index contributed by atoms with van der Waals surface area (Å²) in [7, 11) is 0. The minimum absolute atomic E-state index is 0.687. The number of rotatable bonds is 2. The van der Waals surface area contributed by atoms with Gasteiger partial charge in [-0.3, -0.25) is 4.79 Å². The molecule has 0 atom stereocenters. The molecule has 1 N–H and O–H groups in total. The highest BCUT2D eigenvalue weighted by Crippen LogP contribution is 2.27. The molecular weight excluding hydrogens is 236 g/mol. The maximum atomic E-state index is 10.6. The second kappa shape index (κ2) is 5.96. The van der Waals surface area contributed by atoms with Crippen molar-refractivity contribution in [1.29, 1.82) is 0 Å². The fourth-order valence-corrected chi connectivity index (χ4v) is 1.94. The molecule has 0 bridgehead atoms. The van der Waals surface area contributed by atoms with Crippen molar-refractivity contribution in [2.45, 2.75) is 13.8 Å². The normalized spacial score (nSPS) is 9.79. The Balaban J connectivity index is 0.000000637. The van der Waals surface area contributed by atoms with Crippen LogP contribution in [0.2, 0.25) is 0 Å². The predicted molar refractivity (Wildman–Crippen MR) is 78.3 cm³/mol. The third-order valence-electron chi connectivity index (χ3n) is 2.81. The van der Waals surface area contributed by atoms with Gasteiger partial charge in [-0.1, -0.05) is 38.1 Å². The summed E-state index contributed by atoms with van der Waals surface area (Å²) in [5.74, 6) is 0. The van der Waals surface area contributed by atoms with Crippen LogP contribution in [0.3, 0.4) is 0 Å². The molecule has 3 rings (SSSR count). The van der Waals surface area contributed by atoms with Crippen LogP contribution >= 0.6 is 0 Å². The van der Waals surface area contributed by atoms with Crippen LogP contribution in [-0.2, 0) is 0 Å². The van der Waals surface area contributed by atoms with Crippen molar-refractivity contribution in [2.75, 3.05) is 0 Å². The molecule has 96 valence electrons. The topological polar surface area (TPSA) is 45.8 Å². The number of pyridine rings is 1. The average molecular weight is 252 g/mol. The second-order valence-electron chi connectivity index (χ2n) is 3.84. The Kier molecular flexibility index (Phi) is 4.08. The molecule has 0 radical (unpaired) electrons. The molecule has 19 heavy (non-hydrogen) atoms. The number of H-pyrrole nitrogens is 1. The maximum absolute atomic E-state index is 10.6. The SMILES string of the molecule is CC.O=Cc1ccc(-c2c[nH]c3ncccc23)cc1. The highest BCUT2D eigenvalue weighted by Gasteiger charge is 2.05. The molecular formula is C16H16N2O. The van der Waals surface area contributed by atoms with Crippen LogP contribution in [0.15, 0.2) is 48.8 Å². The summed E-state index contributed by atoms with van der Waals surface area (Å²) in [4.78, 5) is 18.0. The van der Waals surface area contributed by atoms with Gasteiger partial charge >= 0.3 is 0 Å². The van der Waals surface area contributed by atoms with Crippen LogP contribution in [-0.4, -0.2) is 16.3 Å². The number of fused-ring (bicyclic) bond motifs is 1. The lowest BCUT2D eigenvalue weighted by molar-refractivity contribution is 0.112. The van der Waals surface area contributed by atoms with Crippen LogP contribution in [0.5, 0.6) is 0 Å². The van der Waals surface area contributed by atoms with Crippen molar-refractivity contribution in [3.8, 4) is 11.1 Å². The smallest absolute Gasteiger partial charge is 0.150 e. The molecule has 0 amide bonds. The number of aromatic amines is 1. The van der Waals surface area contributed by atoms with Gasteiger partial charge in [0.2, 0.25) is 0 Å². The Bertz CT molecular complexity index is 669. The molecule has 2 aromatic heterocycles. The number of hydrogen-bond acceptors (Lipinski definition) is 2. The standard InChI is InChI=1S/C14H10N2O.C2H6/c17-9-10-3-5-11(6-4-10)13-8-16-14-12(13)2-1-7-15-14;1-2/h1-9H,(H,15,16);1-2H3. The first-order chi connectivity index (χ1) is 9.38. The lowest BCUT2D eigenvalue weighted by Crippen LogP contribution is -1.80. The fraction of sp³-hybridized carbons (Fsp3) is 0.125. The van der Waals surface area contributed by atoms with E-state index in [0.717, 1.165) is 28.4 Å². The molecule has 0 aliphatic heterocycles. The first kappa shape index (κ1) is 13.0. The summed E-state index contributed by atoms with van der Waals surface area (Å²) in [5, 5.41) is 1.09. The van der Waals surface area contributed by atoms with Crippen molar-refractivity contribution >= 4 is 17.3 Å². The molecule has 2 heterocycles. The van der Waals surface area contributed by atoms with E-state index in [-0.39, 0.29) is 0 Å². The van der Waals surface area contributed by atoms with E-state index in [9.17, 15) is 4.79 Å². The van der Waals surface area contributed by atoms with Crippen LogP contribution in [0.4, 0.5) is 0 Å². The highest BCUT2D eigenvalue weighted by molar-refractivity contribution is 5.93. The quantitative estimate of drug-likeness (QED) is 0.699. The molecule has 0 unspecified atom stereocenters. The number of nitrogens with zero attached hydrogens (tertiary/aromatic N) is 1. The molecule has 3 nitrogen and oxygen atoms in total. The molecule has 0 aliphatic rings. The second-order valence-corrected chi connectivity index (χ2v) is 3.84. The summed E-state index contributed by atoms with van der Waals surface area (Å²) in [6.07, 6.45) is 4.55. The van der Waals surface area contributed by atoms with Gasteiger partial charge < -0.3 is 4.98 Å². The number of aldehydes is 1. The first-order valence-electron chi connectivity index (χ1n) is 6.36. The maximum Gasteiger partial charge on any atom is 0.150 e. The number of carbonyl (C=O) groups is 1. The van der Waals surface area contributed by atoms with Gasteiger partial charge in [0.25, 0.3) is 0 Å². The van der Waals surface area contributed by atoms with E-state index in [4.69, 9.17) is 0 Å². The molecule has 3 aromatic rings. The van der Waals surface area contributed by atoms with E-state index >= 15 is 0 Å². The van der Waals surface area contributed by atoms with E-state index in [1.54, 1.807) is 6.20 Å². The summed E-state index contributed by atoms with van der Waals surface area (Å²) < 4.78 is 0. The molecule has 0 fully saturated rings. The molecule has 0 aliphatic carbocycles. The van der Waals surface area contributed by atoms with E-state index in [0.29, 0.717) is 5.56 Å².